The maximum Gasteiger partial charge on any atom is 0.341 e. The van der Waals surface area contributed by atoms with Crippen molar-refractivity contribution in [3.05, 3.63) is 74.8 Å². The maximum atomic E-state index is 13.2. The molecule has 8 nitrogen and oxygen atoms in total. The Hall–Kier alpha value is -3.46. The van der Waals surface area contributed by atoms with E-state index in [9.17, 15) is 9.59 Å². The van der Waals surface area contributed by atoms with Gasteiger partial charge in [0.1, 0.15) is 5.82 Å². The van der Waals surface area contributed by atoms with Gasteiger partial charge in [-0.2, -0.15) is 9.78 Å². The van der Waals surface area contributed by atoms with Crippen LogP contribution < -0.4 is 15.0 Å². The van der Waals surface area contributed by atoms with Crippen LogP contribution in [0.15, 0.2) is 57.4 Å². The molecule has 1 N–H and O–H groups in total. The Bertz CT molecular complexity index is 1280. The normalized spacial score (nSPS) is 11.1. The Morgan fingerprint density at radius 2 is 2.12 bits per heavy atom. The Kier molecular flexibility index (Phi) is 8.00. The highest BCUT2D eigenvalue weighted by Crippen LogP contribution is 2.33. The van der Waals surface area contributed by atoms with E-state index in [4.69, 9.17) is 14.6 Å². The number of aryl methyl sites for hydroxylation is 1. The first-order valence-electron chi connectivity index (χ1n) is 10.3. The molecule has 1 heterocycles. The van der Waals surface area contributed by atoms with E-state index >= 15 is 0 Å². The van der Waals surface area contributed by atoms with Gasteiger partial charge in [-0.3, -0.25) is 4.79 Å². The Labute approximate surface area is 199 Å². The summed E-state index contributed by atoms with van der Waals surface area (Å²) < 4.78 is 12.9. The van der Waals surface area contributed by atoms with Crippen molar-refractivity contribution in [2.45, 2.75) is 26.2 Å². The number of nitrogens with zero attached hydrogens (tertiary/aromatic N) is 3. The second kappa shape index (κ2) is 10.9. The van der Waals surface area contributed by atoms with Crippen LogP contribution in [0.5, 0.6) is 11.5 Å². The van der Waals surface area contributed by atoms with Crippen molar-refractivity contribution in [1.82, 2.24) is 9.66 Å². The van der Waals surface area contributed by atoms with Crippen molar-refractivity contribution in [1.29, 1.82) is 0 Å². The summed E-state index contributed by atoms with van der Waals surface area (Å²) in [5, 5.41) is 13.9. The van der Waals surface area contributed by atoms with Crippen LogP contribution in [0, 0.1) is 0 Å². The molecular formula is C24H24BrN3O5. The number of hydrogen-bond acceptors (Lipinski definition) is 6. The van der Waals surface area contributed by atoms with Crippen molar-refractivity contribution in [2.75, 3.05) is 13.7 Å². The van der Waals surface area contributed by atoms with Gasteiger partial charge in [0.2, 0.25) is 0 Å². The zero-order valence-electron chi connectivity index (χ0n) is 18.4. The zero-order valence-corrected chi connectivity index (χ0v) is 20.0. The predicted octanol–water partition coefficient (Wildman–Crippen LogP) is 4.19. The Morgan fingerprint density at radius 3 is 2.79 bits per heavy atom. The van der Waals surface area contributed by atoms with E-state index in [1.54, 1.807) is 36.6 Å². The largest absolute Gasteiger partial charge is 0.493 e. The average molecular weight is 514 g/mol. The molecule has 0 saturated heterocycles. The number of carbonyl (C=O) groups is 1. The molecule has 0 aliphatic heterocycles. The molecule has 1 aromatic heterocycles. The number of carboxylic acid groups (broad SMARTS) is 1. The average Bonchev–Trinajstić information content (AvgIpc) is 2.78. The molecule has 3 aromatic rings. The molecule has 0 fully saturated rings. The molecule has 9 heteroatoms. The Balaban J connectivity index is 2.10. The summed E-state index contributed by atoms with van der Waals surface area (Å²) in [6.45, 7) is 5.26. The summed E-state index contributed by atoms with van der Waals surface area (Å²) >= 11 is 3.40. The highest BCUT2D eigenvalue weighted by atomic mass is 79.9. The van der Waals surface area contributed by atoms with Crippen LogP contribution >= 0.6 is 15.9 Å². The first-order valence-corrected chi connectivity index (χ1v) is 11.1. The topological polar surface area (TPSA) is 103 Å². The SMILES string of the molecule is C=CCc1cc(C=Nn2c(CCC)nc3ccc(Br)cc3c2=O)cc(OC)c1OCC(=O)O. The highest BCUT2D eigenvalue weighted by molar-refractivity contribution is 9.10. The minimum Gasteiger partial charge on any atom is -0.493 e. The van der Waals surface area contributed by atoms with Gasteiger partial charge >= 0.3 is 5.97 Å². The van der Waals surface area contributed by atoms with Gasteiger partial charge < -0.3 is 14.6 Å². The lowest BCUT2D eigenvalue weighted by Gasteiger charge is -2.14. The molecule has 0 bridgehead atoms. The van der Waals surface area contributed by atoms with Gasteiger partial charge in [0.05, 0.1) is 24.2 Å². The summed E-state index contributed by atoms with van der Waals surface area (Å²) in [6, 6.07) is 8.84. The lowest BCUT2D eigenvalue weighted by Crippen LogP contribution is -2.22. The third-order valence-corrected chi connectivity index (χ3v) is 5.24. The van der Waals surface area contributed by atoms with Gasteiger partial charge in [0, 0.05) is 16.5 Å². The minimum absolute atomic E-state index is 0.263. The molecule has 0 spiro atoms. The van der Waals surface area contributed by atoms with Gasteiger partial charge in [-0.15, -0.1) is 6.58 Å². The summed E-state index contributed by atoms with van der Waals surface area (Å²) in [6.07, 6.45) is 5.04. The number of halogens is 1. The minimum atomic E-state index is -1.09. The third kappa shape index (κ3) is 5.67. The summed E-state index contributed by atoms with van der Waals surface area (Å²) in [5.41, 5.74) is 1.69. The maximum absolute atomic E-state index is 13.2. The number of carboxylic acids is 1. The molecule has 0 saturated carbocycles. The van der Waals surface area contributed by atoms with E-state index in [2.05, 4.69) is 32.6 Å². The quantitative estimate of drug-likeness (QED) is 0.322. The monoisotopic (exact) mass is 513 g/mol. The fourth-order valence-electron chi connectivity index (χ4n) is 3.34. The molecule has 0 aliphatic carbocycles. The molecule has 2 aromatic carbocycles. The fraction of sp³-hybridized carbons (Fsp3) is 0.250. The number of aliphatic carboxylic acids is 1. The molecule has 0 unspecified atom stereocenters. The van der Waals surface area contributed by atoms with Crippen LogP contribution in [0.2, 0.25) is 0 Å². The lowest BCUT2D eigenvalue weighted by molar-refractivity contribution is -0.139. The van der Waals surface area contributed by atoms with E-state index in [1.165, 1.54) is 11.8 Å². The van der Waals surface area contributed by atoms with E-state index < -0.39 is 12.6 Å². The van der Waals surface area contributed by atoms with Crippen molar-refractivity contribution >= 4 is 39.0 Å². The van der Waals surface area contributed by atoms with Crippen LogP contribution in [0.3, 0.4) is 0 Å². The summed E-state index contributed by atoms with van der Waals surface area (Å²) in [4.78, 5) is 28.7. The van der Waals surface area contributed by atoms with Crippen LogP contribution in [-0.2, 0) is 17.6 Å². The van der Waals surface area contributed by atoms with Crippen molar-refractivity contribution < 1.29 is 19.4 Å². The molecular weight excluding hydrogens is 490 g/mol. The van der Waals surface area contributed by atoms with E-state index in [-0.39, 0.29) is 5.56 Å². The number of methoxy groups -OCH3 is 1. The third-order valence-electron chi connectivity index (χ3n) is 4.75. The van der Waals surface area contributed by atoms with Crippen LogP contribution in [-0.4, -0.2) is 40.7 Å². The molecule has 0 aliphatic rings. The number of ether oxygens (including phenoxy) is 2. The van der Waals surface area contributed by atoms with Gasteiger partial charge in [0.25, 0.3) is 5.56 Å². The smallest absolute Gasteiger partial charge is 0.341 e. The van der Waals surface area contributed by atoms with E-state index in [1.807, 2.05) is 13.0 Å². The van der Waals surface area contributed by atoms with Crippen molar-refractivity contribution in [2.24, 2.45) is 5.10 Å². The van der Waals surface area contributed by atoms with Crippen LogP contribution in [0.25, 0.3) is 10.9 Å². The van der Waals surface area contributed by atoms with Gasteiger partial charge in [0.15, 0.2) is 18.1 Å². The second-order valence-corrected chi connectivity index (χ2v) is 8.10. The molecule has 172 valence electrons. The first kappa shape index (κ1) is 24.2. The lowest BCUT2D eigenvalue weighted by atomic mass is 10.1. The molecule has 0 radical (unpaired) electrons. The highest BCUT2D eigenvalue weighted by Gasteiger charge is 2.15. The number of fused-ring (bicyclic) bond motifs is 1. The van der Waals surface area contributed by atoms with E-state index in [0.29, 0.717) is 52.2 Å². The first-order chi connectivity index (χ1) is 15.9. The molecule has 0 amide bonds. The van der Waals surface area contributed by atoms with Crippen LogP contribution in [0.1, 0.15) is 30.3 Å². The molecule has 33 heavy (non-hydrogen) atoms. The number of aromatic nitrogens is 2. The van der Waals surface area contributed by atoms with Crippen molar-refractivity contribution in [3.8, 4) is 11.5 Å². The summed E-state index contributed by atoms with van der Waals surface area (Å²) in [7, 11) is 1.47. The zero-order chi connectivity index (χ0) is 24.0. The van der Waals surface area contributed by atoms with Gasteiger partial charge in [-0.1, -0.05) is 28.9 Å². The summed E-state index contributed by atoms with van der Waals surface area (Å²) in [5.74, 6) is 0.163. The number of hydrogen-bond donors (Lipinski definition) is 1. The predicted molar refractivity (Wildman–Crippen MR) is 131 cm³/mol. The van der Waals surface area contributed by atoms with Crippen LogP contribution in [0.4, 0.5) is 0 Å². The number of benzene rings is 2. The van der Waals surface area contributed by atoms with Gasteiger partial charge in [-0.25, -0.2) is 9.78 Å². The van der Waals surface area contributed by atoms with Crippen molar-refractivity contribution in [3.63, 3.8) is 0 Å². The molecule has 3 rings (SSSR count). The van der Waals surface area contributed by atoms with E-state index in [0.717, 1.165) is 10.9 Å². The van der Waals surface area contributed by atoms with Gasteiger partial charge in [-0.05, 0) is 48.7 Å². The second-order valence-electron chi connectivity index (χ2n) is 7.19. The number of allylic oxidation sites excluding steroid dienone is 1. The number of rotatable bonds is 10. The fourth-order valence-corrected chi connectivity index (χ4v) is 3.70. The Morgan fingerprint density at radius 1 is 1.33 bits per heavy atom. The molecule has 0 atom stereocenters. The standard InChI is InChI=1S/C24H24BrN3O5/c1-4-6-16-10-15(11-20(32-3)23(16)33-14-22(29)30)13-26-28-21(7-5-2)27-19-9-8-17(25)12-18(19)24(28)31/h4,8-13H,1,5-7,14H2,2-3H3,(H,29,30).